The van der Waals surface area contributed by atoms with Gasteiger partial charge in [0, 0.05) is 56.4 Å². The Balaban J connectivity index is 1.39. The fourth-order valence-electron chi connectivity index (χ4n) is 3.92. The van der Waals surface area contributed by atoms with Gasteiger partial charge in [0.2, 0.25) is 11.8 Å². The van der Waals surface area contributed by atoms with Crippen LogP contribution in [0.3, 0.4) is 0 Å². The second-order valence-electron chi connectivity index (χ2n) is 7.78. The lowest BCUT2D eigenvalue weighted by molar-refractivity contribution is -0.136. The van der Waals surface area contributed by atoms with Gasteiger partial charge in [-0.3, -0.25) is 9.59 Å². The minimum absolute atomic E-state index is 0.0423. The average Bonchev–Trinajstić information content (AvgIpc) is 3.38. The molecule has 0 aliphatic carbocycles. The molecule has 2 amide bonds. The Morgan fingerprint density at radius 1 is 1.21 bits per heavy atom. The van der Waals surface area contributed by atoms with Gasteiger partial charge in [0.15, 0.2) is 5.13 Å². The minimum Gasteiger partial charge on any atom is -0.345 e. The third-order valence-corrected chi connectivity index (χ3v) is 6.44. The maximum absolute atomic E-state index is 13.0. The molecule has 0 spiro atoms. The number of carbonyl (C=O) groups excluding carboxylic acids is 2. The van der Waals surface area contributed by atoms with E-state index in [1.165, 1.54) is 5.56 Å². The van der Waals surface area contributed by atoms with Crippen molar-refractivity contribution in [3.63, 3.8) is 0 Å². The first-order chi connectivity index (χ1) is 13.5. The number of piperazine rings is 1. The molecule has 7 heteroatoms. The zero-order valence-corrected chi connectivity index (χ0v) is 17.2. The minimum atomic E-state index is -0.249. The van der Waals surface area contributed by atoms with E-state index in [9.17, 15) is 9.59 Å². The lowest BCUT2D eigenvalue weighted by Gasteiger charge is -2.35. The van der Waals surface area contributed by atoms with Crippen molar-refractivity contribution in [2.24, 2.45) is 5.92 Å². The first-order valence-electron chi connectivity index (χ1n) is 9.86. The summed E-state index contributed by atoms with van der Waals surface area (Å²) in [6.07, 6.45) is 2.11. The summed E-state index contributed by atoms with van der Waals surface area (Å²) in [4.78, 5) is 35.9. The van der Waals surface area contributed by atoms with Crippen LogP contribution in [0.1, 0.15) is 31.7 Å². The summed E-state index contributed by atoms with van der Waals surface area (Å²) < 4.78 is 0. The Hall–Kier alpha value is -2.41. The molecule has 2 aliphatic rings. The van der Waals surface area contributed by atoms with Gasteiger partial charge >= 0.3 is 0 Å². The van der Waals surface area contributed by atoms with E-state index in [1.54, 1.807) is 16.2 Å². The molecule has 1 atom stereocenters. The Morgan fingerprint density at radius 2 is 2.00 bits per heavy atom. The Morgan fingerprint density at radius 3 is 2.68 bits per heavy atom. The van der Waals surface area contributed by atoms with Crippen molar-refractivity contribution in [3.8, 4) is 0 Å². The van der Waals surface area contributed by atoms with Crippen LogP contribution in [0.15, 0.2) is 35.8 Å². The molecule has 0 radical (unpaired) electrons. The van der Waals surface area contributed by atoms with E-state index in [0.29, 0.717) is 32.0 Å². The second kappa shape index (κ2) is 7.91. The van der Waals surface area contributed by atoms with Crippen LogP contribution >= 0.6 is 11.3 Å². The Labute approximate surface area is 169 Å². The van der Waals surface area contributed by atoms with Gasteiger partial charge in [-0.2, -0.15) is 0 Å². The van der Waals surface area contributed by atoms with Crippen molar-refractivity contribution < 1.29 is 9.59 Å². The zero-order chi connectivity index (χ0) is 19.7. The SMILES string of the molecule is CC(C)c1cccc(N2CC(C(=O)N3CCN(c4nccs4)CC3)CC2=O)c1. The van der Waals surface area contributed by atoms with E-state index in [-0.39, 0.29) is 17.7 Å². The summed E-state index contributed by atoms with van der Waals surface area (Å²) in [7, 11) is 0. The topological polar surface area (TPSA) is 56.8 Å². The number of aromatic nitrogens is 1. The summed E-state index contributed by atoms with van der Waals surface area (Å²) in [6, 6.07) is 8.11. The van der Waals surface area contributed by atoms with Crippen LogP contribution in [0, 0.1) is 5.92 Å². The third kappa shape index (κ3) is 3.76. The van der Waals surface area contributed by atoms with Crippen LogP contribution in [0.5, 0.6) is 0 Å². The van der Waals surface area contributed by atoms with Crippen LogP contribution < -0.4 is 9.80 Å². The average molecular weight is 399 g/mol. The number of rotatable bonds is 4. The maximum atomic E-state index is 13.0. The molecule has 0 saturated carbocycles. The standard InChI is InChI=1S/C21H26N4O2S/c1-15(2)16-4-3-5-18(12-16)25-14-17(13-19(25)26)20(27)23-7-9-24(10-8-23)21-22-6-11-28-21/h3-6,11-12,15,17H,7-10,13-14H2,1-2H3. The molecule has 1 aromatic carbocycles. The summed E-state index contributed by atoms with van der Waals surface area (Å²) in [5, 5.41) is 2.99. The first-order valence-corrected chi connectivity index (χ1v) is 10.7. The molecule has 1 unspecified atom stereocenters. The normalized spacial score (nSPS) is 20.3. The smallest absolute Gasteiger partial charge is 0.228 e. The fourth-order valence-corrected chi connectivity index (χ4v) is 4.62. The van der Waals surface area contributed by atoms with Crippen LogP contribution in [0.2, 0.25) is 0 Å². The van der Waals surface area contributed by atoms with Gasteiger partial charge < -0.3 is 14.7 Å². The molecule has 2 saturated heterocycles. The quantitative estimate of drug-likeness (QED) is 0.795. The van der Waals surface area contributed by atoms with Gasteiger partial charge in [-0.05, 0) is 23.6 Å². The molecule has 28 heavy (non-hydrogen) atoms. The molecule has 2 fully saturated rings. The number of benzene rings is 1. The Kier molecular flexibility index (Phi) is 5.35. The van der Waals surface area contributed by atoms with E-state index in [2.05, 4.69) is 35.9 Å². The highest BCUT2D eigenvalue weighted by atomic mass is 32.1. The van der Waals surface area contributed by atoms with Crippen LogP contribution in [-0.4, -0.2) is 54.4 Å². The third-order valence-electron chi connectivity index (χ3n) is 5.60. The van der Waals surface area contributed by atoms with Gasteiger partial charge in [0.25, 0.3) is 0 Å². The van der Waals surface area contributed by atoms with E-state index in [1.807, 2.05) is 28.6 Å². The lowest BCUT2D eigenvalue weighted by atomic mass is 10.0. The van der Waals surface area contributed by atoms with E-state index < -0.39 is 0 Å². The zero-order valence-electron chi connectivity index (χ0n) is 16.4. The van der Waals surface area contributed by atoms with Crippen molar-refractivity contribution in [2.45, 2.75) is 26.2 Å². The van der Waals surface area contributed by atoms with Crippen molar-refractivity contribution in [2.75, 3.05) is 42.5 Å². The lowest BCUT2D eigenvalue weighted by Crippen LogP contribution is -2.50. The largest absolute Gasteiger partial charge is 0.345 e. The van der Waals surface area contributed by atoms with Gasteiger partial charge in [0.1, 0.15) is 0 Å². The van der Waals surface area contributed by atoms with Gasteiger partial charge in [-0.15, -0.1) is 11.3 Å². The predicted molar refractivity (Wildman–Crippen MR) is 112 cm³/mol. The van der Waals surface area contributed by atoms with Gasteiger partial charge in [-0.25, -0.2) is 4.98 Å². The highest BCUT2D eigenvalue weighted by molar-refractivity contribution is 7.13. The van der Waals surface area contributed by atoms with Gasteiger partial charge in [-0.1, -0.05) is 26.0 Å². The second-order valence-corrected chi connectivity index (χ2v) is 8.66. The number of hydrogen-bond donors (Lipinski definition) is 0. The molecule has 148 valence electrons. The molecular formula is C21H26N4O2S. The molecule has 6 nitrogen and oxygen atoms in total. The number of thiazole rings is 1. The molecule has 2 aliphatic heterocycles. The molecule has 0 bridgehead atoms. The molecule has 1 aromatic heterocycles. The van der Waals surface area contributed by atoms with E-state index in [4.69, 9.17) is 0 Å². The van der Waals surface area contributed by atoms with Crippen molar-refractivity contribution in [1.82, 2.24) is 9.88 Å². The van der Waals surface area contributed by atoms with E-state index in [0.717, 1.165) is 23.9 Å². The van der Waals surface area contributed by atoms with Crippen molar-refractivity contribution >= 4 is 34.0 Å². The molecule has 4 rings (SSSR count). The summed E-state index contributed by atoms with van der Waals surface area (Å²) >= 11 is 1.63. The van der Waals surface area contributed by atoms with Gasteiger partial charge in [0.05, 0.1) is 5.92 Å². The molecular weight excluding hydrogens is 372 g/mol. The van der Waals surface area contributed by atoms with Crippen molar-refractivity contribution in [3.05, 3.63) is 41.4 Å². The van der Waals surface area contributed by atoms with Crippen LogP contribution in [0.25, 0.3) is 0 Å². The molecule has 2 aromatic rings. The molecule has 3 heterocycles. The van der Waals surface area contributed by atoms with Crippen molar-refractivity contribution in [1.29, 1.82) is 0 Å². The monoisotopic (exact) mass is 398 g/mol. The highest BCUT2D eigenvalue weighted by Crippen LogP contribution is 2.29. The Bertz CT molecular complexity index is 844. The number of amides is 2. The highest BCUT2D eigenvalue weighted by Gasteiger charge is 2.38. The van der Waals surface area contributed by atoms with E-state index >= 15 is 0 Å². The number of anilines is 2. The summed E-state index contributed by atoms with van der Waals surface area (Å²) in [6.45, 7) is 7.72. The number of hydrogen-bond acceptors (Lipinski definition) is 5. The first kappa shape index (κ1) is 18.9. The van der Waals surface area contributed by atoms with Crippen LogP contribution in [-0.2, 0) is 9.59 Å². The summed E-state index contributed by atoms with van der Waals surface area (Å²) in [5.74, 6) is 0.307. The van der Waals surface area contributed by atoms with Crippen LogP contribution in [0.4, 0.5) is 10.8 Å². The predicted octanol–water partition coefficient (Wildman–Crippen LogP) is 2.97. The number of nitrogens with zero attached hydrogens (tertiary/aromatic N) is 4. The molecule has 0 N–H and O–H groups in total. The summed E-state index contributed by atoms with van der Waals surface area (Å²) in [5.41, 5.74) is 2.11. The number of carbonyl (C=O) groups is 2. The fraction of sp³-hybridized carbons (Fsp3) is 0.476. The maximum Gasteiger partial charge on any atom is 0.228 e.